The van der Waals surface area contributed by atoms with E-state index in [0.717, 1.165) is 23.1 Å². The summed E-state index contributed by atoms with van der Waals surface area (Å²) in [5.74, 6) is 0.628. The Bertz CT molecular complexity index is 1290. The fraction of sp³-hybridized carbons (Fsp3) is 0.636. The number of esters is 1. The Labute approximate surface area is 180 Å². The molecule has 0 spiro atoms. The maximum atomic E-state index is 13.2. The zero-order valence-corrected chi connectivity index (χ0v) is 19.1. The number of carbonyl (C=O) groups is 1. The van der Waals surface area contributed by atoms with E-state index in [9.17, 15) is 14.4 Å². The number of imidazole rings is 2. The van der Waals surface area contributed by atoms with E-state index in [4.69, 9.17) is 9.72 Å². The molecule has 2 atom stereocenters. The number of aromatic nitrogens is 5. The molecule has 0 aromatic carbocycles. The third kappa shape index (κ3) is 3.49. The summed E-state index contributed by atoms with van der Waals surface area (Å²) in [5, 5.41) is 0. The van der Waals surface area contributed by atoms with Gasteiger partial charge in [-0.1, -0.05) is 20.8 Å². The van der Waals surface area contributed by atoms with Crippen molar-refractivity contribution >= 4 is 22.9 Å². The normalized spacial score (nSPS) is 21.1. The summed E-state index contributed by atoms with van der Waals surface area (Å²) in [4.78, 5) is 42.7. The minimum Gasteiger partial charge on any atom is -0.465 e. The molecule has 0 bridgehead atoms. The van der Waals surface area contributed by atoms with Crippen LogP contribution in [0.15, 0.2) is 15.8 Å². The molecule has 3 aromatic heterocycles. The average molecular weight is 430 g/mol. The minimum atomic E-state index is -0.617. The van der Waals surface area contributed by atoms with Gasteiger partial charge >= 0.3 is 11.7 Å². The van der Waals surface area contributed by atoms with Crippen molar-refractivity contribution in [2.24, 2.45) is 18.4 Å². The van der Waals surface area contributed by atoms with Crippen LogP contribution in [-0.2, 0) is 23.1 Å². The van der Waals surface area contributed by atoms with Gasteiger partial charge < -0.3 is 9.30 Å². The molecule has 0 saturated heterocycles. The van der Waals surface area contributed by atoms with Crippen LogP contribution in [0.3, 0.4) is 0 Å². The van der Waals surface area contributed by atoms with Crippen LogP contribution in [0.2, 0.25) is 0 Å². The van der Waals surface area contributed by atoms with E-state index in [1.807, 2.05) is 13.1 Å². The van der Waals surface area contributed by atoms with E-state index in [-0.39, 0.29) is 18.1 Å². The molecule has 9 nitrogen and oxygen atoms in total. The molecule has 0 unspecified atom stereocenters. The van der Waals surface area contributed by atoms with Crippen molar-refractivity contribution in [1.82, 2.24) is 23.1 Å². The van der Waals surface area contributed by atoms with E-state index in [2.05, 4.69) is 25.3 Å². The molecule has 3 heterocycles. The zero-order chi connectivity index (χ0) is 22.7. The van der Waals surface area contributed by atoms with Gasteiger partial charge in [-0.05, 0) is 44.4 Å². The van der Waals surface area contributed by atoms with Crippen molar-refractivity contribution in [3.05, 3.63) is 32.7 Å². The van der Waals surface area contributed by atoms with Crippen LogP contribution in [0.1, 0.15) is 58.7 Å². The van der Waals surface area contributed by atoms with E-state index >= 15 is 0 Å². The maximum Gasteiger partial charge on any atom is 0.333 e. The number of fused-ring (bicyclic) bond motifs is 3. The summed E-state index contributed by atoms with van der Waals surface area (Å²) in [5.41, 5.74) is 0.745. The van der Waals surface area contributed by atoms with Crippen LogP contribution in [0.4, 0.5) is 0 Å². The van der Waals surface area contributed by atoms with Crippen LogP contribution in [-0.4, -0.2) is 35.7 Å². The van der Waals surface area contributed by atoms with E-state index in [1.165, 1.54) is 11.0 Å². The smallest absolute Gasteiger partial charge is 0.333 e. The SMILES string of the molecule is CCOC(=O)Cn1c(=O)c2c(nc3n([C@H]4C[C@@H](C)CC(C)(C)C4)c(C)cn23)n(C)c1=O. The van der Waals surface area contributed by atoms with Gasteiger partial charge in [-0.2, -0.15) is 4.98 Å². The Morgan fingerprint density at radius 2 is 2.00 bits per heavy atom. The topological polar surface area (TPSA) is 92.5 Å². The highest BCUT2D eigenvalue weighted by atomic mass is 16.5. The van der Waals surface area contributed by atoms with E-state index in [0.29, 0.717) is 22.9 Å². The third-order valence-corrected chi connectivity index (χ3v) is 6.39. The molecule has 9 heteroatoms. The molecule has 1 aliphatic rings. The second kappa shape index (κ2) is 7.39. The highest BCUT2D eigenvalue weighted by molar-refractivity contribution is 5.76. The molecular formula is C22H31N5O4. The molecule has 3 aromatic rings. The lowest BCUT2D eigenvalue weighted by molar-refractivity contribution is -0.143. The van der Waals surface area contributed by atoms with E-state index < -0.39 is 23.8 Å². The fourth-order valence-corrected chi connectivity index (χ4v) is 5.45. The average Bonchev–Trinajstić information content (AvgIpc) is 3.16. The summed E-state index contributed by atoms with van der Waals surface area (Å²) < 4.78 is 11.2. The Kier molecular flexibility index (Phi) is 5.10. The first-order valence-corrected chi connectivity index (χ1v) is 10.9. The zero-order valence-electron chi connectivity index (χ0n) is 19.1. The molecule has 0 N–H and O–H groups in total. The summed E-state index contributed by atoms with van der Waals surface area (Å²) in [6, 6.07) is 0.270. The van der Waals surface area contributed by atoms with Gasteiger partial charge in [0.1, 0.15) is 6.54 Å². The van der Waals surface area contributed by atoms with Crippen LogP contribution in [0.25, 0.3) is 16.9 Å². The van der Waals surface area contributed by atoms with Crippen molar-refractivity contribution < 1.29 is 9.53 Å². The van der Waals surface area contributed by atoms with Gasteiger partial charge in [-0.25, -0.2) is 9.36 Å². The van der Waals surface area contributed by atoms with Crippen molar-refractivity contribution in [2.75, 3.05) is 6.61 Å². The first kappa shape index (κ1) is 21.4. The first-order valence-electron chi connectivity index (χ1n) is 10.9. The molecule has 0 amide bonds. The minimum absolute atomic E-state index is 0.186. The van der Waals surface area contributed by atoms with Crippen LogP contribution in [0, 0.1) is 18.3 Å². The molecule has 1 aliphatic carbocycles. The summed E-state index contributed by atoms with van der Waals surface area (Å²) in [7, 11) is 1.57. The van der Waals surface area contributed by atoms with E-state index in [1.54, 1.807) is 18.4 Å². The fourth-order valence-electron chi connectivity index (χ4n) is 5.45. The Morgan fingerprint density at radius 1 is 1.29 bits per heavy atom. The second-order valence-electron chi connectivity index (χ2n) is 9.70. The van der Waals surface area contributed by atoms with Crippen LogP contribution in [0.5, 0.6) is 0 Å². The van der Waals surface area contributed by atoms with Crippen LogP contribution < -0.4 is 11.2 Å². The Balaban J connectivity index is 1.93. The highest BCUT2D eigenvalue weighted by Gasteiger charge is 2.34. The molecule has 168 valence electrons. The van der Waals surface area contributed by atoms with Crippen molar-refractivity contribution in [1.29, 1.82) is 0 Å². The quantitative estimate of drug-likeness (QED) is 0.594. The van der Waals surface area contributed by atoms with Crippen molar-refractivity contribution in [2.45, 2.75) is 66.5 Å². The molecule has 0 aliphatic heterocycles. The molecule has 1 fully saturated rings. The largest absolute Gasteiger partial charge is 0.465 e. The number of hydrogen-bond donors (Lipinski definition) is 0. The van der Waals surface area contributed by atoms with Gasteiger partial charge in [-0.15, -0.1) is 0 Å². The van der Waals surface area contributed by atoms with Crippen LogP contribution >= 0.6 is 0 Å². The monoisotopic (exact) mass is 429 g/mol. The molecular weight excluding hydrogens is 398 g/mol. The Hall–Kier alpha value is -2.84. The molecule has 31 heavy (non-hydrogen) atoms. The number of carbonyl (C=O) groups excluding carboxylic acids is 1. The van der Waals surface area contributed by atoms with Gasteiger partial charge in [0.15, 0.2) is 11.2 Å². The first-order chi connectivity index (χ1) is 14.5. The molecule has 4 rings (SSSR count). The second-order valence-corrected chi connectivity index (χ2v) is 9.70. The number of ether oxygens (including phenoxy) is 1. The lowest BCUT2D eigenvalue weighted by atomic mass is 9.70. The molecule has 1 saturated carbocycles. The van der Waals surface area contributed by atoms with Crippen molar-refractivity contribution in [3.63, 3.8) is 0 Å². The summed E-state index contributed by atoms with van der Waals surface area (Å²) >= 11 is 0. The number of aryl methyl sites for hydroxylation is 2. The standard InChI is InChI=1S/C22H31N5O4/c1-7-31-16(28)12-26-19(29)17-18(24(6)21(26)30)23-20-25(17)11-14(3)27(20)15-8-13(2)9-22(4,5)10-15/h11,13,15H,7-10,12H2,1-6H3/t13-,15+/m1/s1. The molecule has 0 radical (unpaired) electrons. The van der Waals surface area contributed by atoms with Gasteiger partial charge in [0.25, 0.3) is 5.56 Å². The van der Waals surface area contributed by atoms with Gasteiger partial charge in [0, 0.05) is 25.0 Å². The number of rotatable bonds is 4. The van der Waals surface area contributed by atoms with Gasteiger partial charge in [-0.3, -0.25) is 18.6 Å². The Morgan fingerprint density at radius 3 is 2.65 bits per heavy atom. The van der Waals surface area contributed by atoms with Crippen molar-refractivity contribution in [3.8, 4) is 0 Å². The predicted octanol–water partition coefficient (Wildman–Crippen LogP) is 2.41. The maximum absolute atomic E-state index is 13.2. The highest BCUT2D eigenvalue weighted by Crippen LogP contribution is 2.44. The number of nitrogens with zero attached hydrogens (tertiary/aromatic N) is 5. The van der Waals surface area contributed by atoms with Gasteiger partial charge in [0.05, 0.1) is 6.61 Å². The lowest BCUT2D eigenvalue weighted by Crippen LogP contribution is -2.41. The van der Waals surface area contributed by atoms with Gasteiger partial charge in [0.2, 0.25) is 5.78 Å². The summed E-state index contributed by atoms with van der Waals surface area (Å²) in [6.07, 6.45) is 5.16. The lowest BCUT2D eigenvalue weighted by Gasteiger charge is -2.39. The number of hydrogen-bond acceptors (Lipinski definition) is 5. The third-order valence-electron chi connectivity index (χ3n) is 6.39. The predicted molar refractivity (Wildman–Crippen MR) is 117 cm³/mol. The summed E-state index contributed by atoms with van der Waals surface area (Å²) in [6.45, 7) is 10.3.